The van der Waals surface area contributed by atoms with Crippen molar-refractivity contribution in [1.29, 1.82) is 0 Å². The number of fused-ring (bicyclic) bond motifs is 2. The number of carbonyl (C=O) groups excluding carboxylic acids is 1. The molecule has 0 N–H and O–H groups in total. The van der Waals surface area contributed by atoms with E-state index in [1.807, 2.05) is 0 Å². The van der Waals surface area contributed by atoms with Crippen LogP contribution >= 0.6 is 11.8 Å². The van der Waals surface area contributed by atoms with Gasteiger partial charge in [0, 0.05) is 10.8 Å². The number of amides is 1. The van der Waals surface area contributed by atoms with E-state index in [9.17, 15) is 13.6 Å². The van der Waals surface area contributed by atoms with Crippen molar-refractivity contribution in [2.24, 2.45) is 0 Å². The Balaban J connectivity index is 1.65. The summed E-state index contributed by atoms with van der Waals surface area (Å²) in [7, 11) is 0. The minimum Gasteiger partial charge on any atom is -0.351 e. The van der Waals surface area contributed by atoms with Crippen molar-refractivity contribution in [3.8, 4) is 0 Å². The highest BCUT2D eigenvalue weighted by atomic mass is 32.2. The summed E-state index contributed by atoms with van der Waals surface area (Å²) < 4.78 is 44.4. The van der Waals surface area contributed by atoms with Crippen molar-refractivity contribution >= 4 is 33.8 Å². The van der Waals surface area contributed by atoms with Gasteiger partial charge in [-0.25, -0.2) is 4.39 Å². The van der Waals surface area contributed by atoms with Crippen LogP contribution in [0.5, 0.6) is 0 Å². The van der Waals surface area contributed by atoms with Crippen LogP contribution in [0, 0.1) is 11.6 Å². The molecule has 1 aromatic carbocycles. The smallest absolute Gasteiger partial charge is 0.287 e. The van der Waals surface area contributed by atoms with Gasteiger partial charge in [0.1, 0.15) is 0 Å². The SMILES string of the molecule is O=C1S[C@H]2CCC[C@H]2N1c1noc2c(F)c(F)c(C3OCCO3)cc12. The minimum absolute atomic E-state index is 0.0151. The first-order valence-electron chi connectivity index (χ1n) is 8.15. The third kappa shape index (κ3) is 2.22. The van der Waals surface area contributed by atoms with Gasteiger partial charge in [-0.3, -0.25) is 9.69 Å². The minimum atomic E-state index is -1.15. The van der Waals surface area contributed by atoms with Crippen LogP contribution in [0.3, 0.4) is 0 Å². The Morgan fingerprint density at radius 2 is 2.00 bits per heavy atom. The molecule has 5 rings (SSSR count). The van der Waals surface area contributed by atoms with E-state index in [0.29, 0.717) is 13.2 Å². The van der Waals surface area contributed by atoms with E-state index in [2.05, 4.69) is 5.16 Å². The van der Waals surface area contributed by atoms with Crippen LogP contribution in [0.25, 0.3) is 11.0 Å². The van der Waals surface area contributed by atoms with Crippen LogP contribution in [0.15, 0.2) is 10.6 Å². The Kier molecular flexibility index (Phi) is 3.51. The Morgan fingerprint density at radius 3 is 2.80 bits per heavy atom. The lowest BCUT2D eigenvalue weighted by Gasteiger charge is -2.20. The van der Waals surface area contributed by atoms with Crippen LogP contribution in [-0.2, 0) is 9.47 Å². The molecule has 1 amide bonds. The molecule has 0 bridgehead atoms. The largest absolute Gasteiger partial charge is 0.351 e. The summed E-state index contributed by atoms with van der Waals surface area (Å²) in [5.41, 5.74) is -0.345. The summed E-state index contributed by atoms with van der Waals surface area (Å²) >= 11 is 1.28. The molecule has 25 heavy (non-hydrogen) atoms. The molecule has 3 fully saturated rings. The molecule has 2 aromatic rings. The molecular formula is C16H14F2N2O4S. The van der Waals surface area contributed by atoms with Crippen molar-refractivity contribution in [2.45, 2.75) is 36.8 Å². The summed E-state index contributed by atoms with van der Waals surface area (Å²) in [6, 6.07) is 1.43. The van der Waals surface area contributed by atoms with E-state index >= 15 is 0 Å². The van der Waals surface area contributed by atoms with Crippen molar-refractivity contribution in [1.82, 2.24) is 5.16 Å². The highest BCUT2D eigenvalue weighted by Crippen LogP contribution is 2.46. The van der Waals surface area contributed by atoms with Gasteiger partial charge in [0.15, 0.2) is 17.9 Å². The molecule has 3 heterocycles. The number of benzene rings is 1. The predicted octanol–water partition coefficient (Wildman–Crippen LogP) is 3.75. The first-order valence-corrected chi connectivity index (χ1v) is 9.03. The highest BCUT2D eigenvalue weighted by molar-refractivity contribution is 8.14. The summed E-state index contributed by atoms with van der Waals surface area (Å²) in [6.45, 7) is 0.622. The Labute approximate surface area is 145 Å². The molecule has 6 nitrogen and oxygen atoms in total. The molecule has 1 saturated carbocycles. The maximum atomic E-state index is 14.4. The average Bonchev–Trinajstić information content (AvgIpc) is 3.34. The second-order valence-corrected chi connectivity index (χ2v) is 7.53. The maximum absolute atomic E-state index is 14.4. The monoisotopic (exact) mass is 368 g/mol. The van der Waals surface area contributed by atoms with Gasteiger partial charge in [-0.1, -0.05) is 23.3 Å². The zero-order valence-electron chi connectivity index (χ0n) is 13.0. The molecule has 0 spiro atoms. The standard InChI is InChI=1S/C16H14F2N2O4S/c17-11-7(15-22-4-5-23-15)6-8-13(12(11)18)24-19-14(8)20-9-2-1-3-10(9)25-16(20)21/h6,9-10,15H,1-5H2/t9-,10+/m1/s1. The fourth-order valence-electron chi connectivity index (χ4n) is 3.81. The summed E-state index contributed by atoms with van der Waals surface area (Å²) in [5, 5.41) is 4.22. The third-order valence-electron chi connectivity index (χ3n) is 4.96. The lowest BCUT2D eigenvalue weighted by atomic mass is 10.1. The zero-order valence-corrected chi connectivity index (χ0v) is 13.9. The van der Waals surface area contributed by atoms with Gasteiger partial charge in [0.25, 0.3) is 5.24 Å². The molecule has 2 atom stereocenters. The van der Waals surface area contributed by atoms with Gasteiger partial charge in [0.05, 0.1) is 24.6 Å². The van der Waals surface area contributed by atoms with Crippen LogP contribution in [0.1, 0.15) is 31.1 Å². The van der Waals surface area contributed by atoms with E-state index in [-0.39, 0.29) is 38.9 Å². The van der Waals surface area contributed by atoms with E-state index in [1.54, 1.807) is 4.90 Å². The molecule has 1 aliphatic carbocycles. The molecule has 132 valence electrons. The molecule has 0 unspecified atom stereocenters. The fourth-order valence-corrected chi connectivity index (χ4v) is 5.10. The quantitative estimate of drug-likeness (QED) is 0.805. The number of thioether (sulfide) groups is 1. The van der Waals surface area contributed by atoms with Gasteiger partial charge < -0.3 is 14.0 Å². The van der Waals surface area contributed by atoms with Crippen LogP contribution in [0.2, 0.25) is 0 Å². The number of carbonyl (C=O) groups is 1. The Morgan fingerprint density at radius 1 is 1.20 bits per heavy atom. The van der Waals surface area contributed by atoms with Crippen LogP contribution in [0.4, 0.5) is 19.4 Å². The van der Waals surface area contributed by atoms with E-state index in [0.717, 1.165) is 19.3 Å². The molecule has 2 aliphatic heterocycles. The molecule has 2 saturated heterocycles. The van der Waals surface area contributed by atoms with Crippen LogP contribution in [-0.4, -0.2) is 34.9 Å². The number of nitrogens with zero attached hydrogens (tertiary/aromatic N) is 2. The van der Waals surface area contributed by atoms with Crippen LogP contribution < -0.4 is 4.90 Å². The zero-order chi connectivity index (χ0) is 17.1. The molecule has 3 aliphatic rings. The molecule has 1 aromatic heterocycles. The Hall–Kier alpha value is -1.71. The first-order chi connectivity index (χ1) is 12.1. The number of halogens is 2. The second-order valence-electron chi connectivity index (χ2n) is 6.34. The number of ether oxygens (including phenoxy) is 2. The number of rotatable bonds is 2. The van der Waals surface area contributed by atoms with E-state index in [4.69, 9.17) is 14.0 Å². The summed E-state index contributed by atoms with van der Waals surface area (Å²) in [6.07, 6.45) is 1.89. The third-order valence-corrected chi connectivity index (χ3v) is 6.21. The number of aromatic nitrogens is 1. The van der Waals surface area contributed by atoms with Gasteiger partial charge in [-0.2, -0.15) is 4.39 Å². The lowest BCUT2D eigenvalue weighted by Crippen LogP contribution is -2.34. The van der Waals surface area contributed by atoms with E-state index < -0.39 is 17.9 Å². The fraction of sp³-hybridized carbons (Fsp3) is 0.500. The number of anilines is 1. The van der Waals surface area contributed by atoms with Gasteiger partial charge in [0.2, 0.25) is 11.4 Å². The molecular weight excluding hydrogens is 354 g/mol. The maximum Gasteiger partial charge on any atom is 0.287 e. The normalized spacial score (nSPS) is 27.0. The van der Waals surface area contributed by atoms with Crippen molar-refractivity contribution in [3.63, 3.8) is 0 Å². The summed E-state index contributed by atoms with van der Waals surface area (Å²) in [5.74, 6) is -1.99. The van der Waals surface area contributed by atoms with Crippen molar-refractivity contribution < 1.29 is 27.6 Å². The Bertz CT molecular complexity index is 867. The average molecular weight is 368 g/mol. The second kappa shape index (κ2) is 5.65. The lowest BCUT2D eigenvalue weighted by molar-refractivity contribution is -0.0467. The van der Waals surface area contributed by atoms with Gasteiger partial charge >= 0.3 is 0 Å². The van der Waals surface area contributed by atoms with Gasteiger partial charge in [-0.15, -0.1) is 0 Å². The topological polar surface area (TPSA) is 64.8 Å². The number of hydrogen-bond acceptors (Lipinski definition) is 6. The summed E-state index contributed by atoms with van der Waals surface area (Å²) in [4.78, 5) is 14.0. The first kappa shape index (κ1) is 15.5. The molecule has 9 heteroatoms. The predicted molar refractivity (Wildman–Crippen MR) is 85.5 cm³/mol. The highest BCUT2D eigenvalue weighted by Gasteiger charge is 2.46. The van der Waals surface area contributed by atoms with E-state index in [1.165, 1.54) is 17.8 Å². The van der Waals surface area contributed by atoms with Gasteiger partial charge in [-0.05, 0) is 18.9 Å². The van der Waals surface area contributed by atoms with Crippen molar-refractivity contribution in [2.75, 3.05) is 18.1 Å². The number of hydrogen-bond donors (Lipinski definition) is 0. The molecule has 0 radical (unpaired) electrons. The van der Waals surface area contributed by atoms with Crippen molar-refractivity contribution in [3.05, 3.63) is 23.3 Å².